The highest BCUT2D eigenvalue weighted by atomic mass is 19.1. The average Bonchev–Trinajstić information content (AvgIpc) is 2.96. The first-order chi connectivity index (χ1) is 19.9. The summed E-state index contributed by atoms with van der Waals surface area (Å²) in [6, 6.07) is 16.3. The number of methoxy groups -OCH3 is 1. The van der Waals surface area contributed by atoms with E-state index < -0.39 is 11.1 Å². The van der Waals surface area contributed by atoms with E-state index in [1.165, 1.54) is 39.4 Å². The van der Waals surface area contributed by atoms with Gasteiger partial charge in [-0.15, -0.1) is 0 Å². The van der Waals surface area contributed by atoms with E-state index in [9.17, 15) is 19.1 Å². The Morgan fingerprint density at radius 2 is 1.69 bits per heavy atom. The van der Waals surface area contributed by atoms with Crippen molar-refractivity contribution in [3.05, 3.63) is 72.2 Å². The largest absolute Gasteiger partial charge is 0.453 e. The van der Waals surface area contributed by atoms with Gasteiger partial charge in [0.1, 0.15) is 11.6 Å². The maximum absolute atomic E-state index is 14.6. The maximum Gasteiger partial charge on any atom is 0.409 e. The number of aliphatic hydroxyl groups is 1. The summed E-state index contributed by atoms with van der Waals surface area (Å²) in [5, 5.41) is 12.7. The van der Waals surface area contributed by atoms with Crippen LogP contribution < -0.4 is 11.1 Å². The van der Waals surface area contributed by atoms with E-state index in [1.54, 1.807) is 42.3 Å². The van der Waals surface area contributed by atoms with Crippen LogP contribution in [0.1, 0.15) is 64.4 Å². The number of hydrogen-bond donors (Lipinski definition) is 3. The lowest BCUT2D eigenvalue weighted by Crippen LogP contribution is -2.58. The van der Waals surface area contributed by atoms with Gasteiger partial charge in [0.25, 0.3) is 0 Å². The standard InChI is InChI=1S/C24H24FN3O2.C9H17NO2/c1-15(29)28-22-11-19(18-5-3-4-6-21(18)25)20(12-27-22)16-7-9-17(10-8-16)24(26)13-23(2,30)14-24;1-10(9(11)12-2)8-6-4-3-5-7-8/h3-12,30H,13-14,26H2,1-2H3,(H,27,28,29);8H,3-7H2,1-2H3. The third-order valence-corrected chi connectivity index (χ3v) is 8.12. The van der Waals surface area contributed by atoms with Crippen molar-refractivity contribution in [3.63, 3.8) is 0 Å². The van der Waals surface area contributed by atoms with E-state index in [4.69, 9.17) is 5.73 Å². The normalized spacial score (nSPS) is 21.8. The minimum absolute atomic E-state index is 0.207. The Hall–Kier alpha value is -3.82. The van der Waals surface area contributed by atoms with E-state index in [-0.39, 0.29) is 17.8 Å². The number of nitrogens with zero attached hydrogens (tertiary/aromatic N) is 2. The van der Waals surface area contributed by atoms with Gasteiger partial charge in [0.2, 0.25) is 5.91 Å². The van der Waals surface area contributed by atoms with Gasteiger partial charge in [0.05, 0.1) is 12.7 Å². The third-order valence-electron chi connectivity index (χ3n) is 8.12. The number of aromatic nitrogens is 1. The van der Waals surface area contributed by atoms with Crippen LogP contribution in [0, 0.1) is 5.82 Å². The van der Waals surface area contributed by atoms with Crippen molar-refractivity contribution in [2.45, 2.75) is 76.0 Å². The second-order valence-corrected chi connectivity index (χ2v) is 11.7. The van der Waals surface area contributed by atoms with Gasteiger partial charge in [0, 0.05) is 42.9 Å². The molecule has 42 heavy (non-hydrogen) atoms. The molecule has 5 rings (SSSR count). The Kier molecular flexibility index (Phi) is 9.64. The number of carbonyl (C=O) groups is 2. The zero-order chi connectivity index (χ0) is 30.5. The number of nitrogens with one attached hydrogen (secondary N) is 1. The lowest BCUT2D eigenvalue weighted by Gasteiger charge is -2.49. The van der Waals surface area contributed by atoms with Crippen LogP contribution >= 0.6 is 0 Å². The van der Waals surface area contributed by atoms with E-state index >= 15 is 0 Å². The minimum Gasteiger partial charge on any atom is -0.453 e. The molecule has 2 aromatic carbocycles. The fraction of sp³-hybridized carbons (Fsp3) is 0.424. The van der Waals surface area contributed by atoms with Crippen molar-refractivity contribution in [2.75, 3.05) is 19.5 Å². The molecule has 2 fully saturated rings. The molecule has 9 heteroatoms. The highest BCUT2D eigenvalue weighted by Crippen LogP contribution is 2.46. The van der Waals surface area contributed by atoms with Crippen LogP contribution in [0.3, 0.4) is 0 Å². The van der Waals surface area contributed by atoms with Crippen LogP contribution in [0.4, 0.5) is 15.0 Å². The molecule has 0 unspecified atom stereocenters. The minimum atomic E-state index is -0.727. The lowest BCUT2D eigenvalue weighted by molar-refractivity contribution is -0.114. The van der Waals surface area contributed by atoms with E-state index in [0.29, 0.717) is 35.8 Å². The number of pyridine rings is 1. The lowest BCUT2D eigenvalue weighted by atomic mass is 9.63. The number of carbonyl (C=O) groups excluding carboxylic acids is 2. The molecule has 0 radical (unpaired) electrons. The molecule has 2 saturated carbocycles. The number of nitrogens with two attached hydrogens (primary N) is 1. The van der Waals surface area contributed by atoms with Crippen molar-refractivity contribution in [2.24, 2.45) is 5.73 Å². The van der Waals surface area contributed by atoms with Crippen LogP contribution in [0.25, 0.3) is 22.3 Å². The molecule has 2 amide bonds. The predicted octanol–water partition coefficient (Wildman–Crippen LogP) is 6.23. The second-order valence-electron chi connectivity index (χ2n) is 11.7. The van der Waals surface area contributed by atoms with E-state index in [2.05, 4.69) is 15.0 Å². The fourth-order valence-corrected chi connectivity index (χ4v) is 6.09. The molecule has 8 nitrogen and oxygen atoms in total. The summed E-state index contributed by atoms with van der Waals surface area (Å²) < 4.78 is 19.2. The Balaban J connectivity index is 0.000000283. The second kappa shape index (κ2) is 13.0. The molecule has 1 aromatic heterocycles. The Labute approximate surface area is 247 Å². The molecule has 0 aliphatic heterocycles. The van der Waals surface area contributed by atoms with E-state index in [1.807, 2.05) is 31.3 Å². The molecular weight excluding hydrogens is 535 g/mol. The summed E-state index contributed by atoms with van der Waals surface area (Å²) in [7, 11) is 3.25. The van der Waals surface area contributed by atoms with Crippen LogP contribution in [-0.4, -0.2) is 52.8 Å². The predicted molar refractivity (Wildman–Crippen MR) is 162 cm³/mol. The Morgan fingerprint density at radius 1 is 1.05 bits per heavy atom. The molecule has 0 spiro atoms. The van der Waals surface area contributed by atoms with Gasteiger partial charge in [-0.3, -0.25) is 4.79 Å². The number of ether oxygens (including phenoxy) is 1. The zero-order valence-corrected chi connectivity index (χ0v) is 24.8. The first kappa shape index (κ1) is 31.1. The number of anilines is 1. The maximum atomic E-state index is 14.6. The molecule has 2 aliphatic carbocycles. The topological polar surface area (TPSA) is 118 Å². The van der Waals surface area contributed by atoms with Gasteiger partial charge >= 0.3 is 6.09 Å². The van der Waals surface area contributed by atoms with Gasteiger partial charge in [-0.2, -0.15) is 0 Å². The number of amides is 2. The molecule has 0 saturated heterocycles. The van der Waals surface area contributed by atoms with Gasteiger partial charge in [-0.25, -0.2) is 14.2 Å². The highest BCUT2D eigenvalue weighted by molar-refractivity contribution is 5.91. The third kappa shape index (κ3) is 7.33. The van der Waals surface area contributed by atoms with Crippen molar-refractivity contribution in [3.8, 4) is 22.3 Å². The SMILES string of the molecule is CC(=O)Nc1cc(-c2ccccc2F)c(-c2ccc(C3(N)CC(C)(O)C3)cc2)cn1.COC(=O)N(C)C1CCCCC1. The van der Waals surface area contributed by atoms with Crippen molar-refractivity contribution in [1.29, 1.82) is 0 Å². The van der Waals surface area contributed by atoms with Crippen LogP contribution in [0.5, 0.6) is 0 Å². The van der Waals surface area contributed by atoms with Gasteiger partial charge in [0.15, 0.2) is 0 Å². The number of hydrogen-bond acceptors (Lipinski definition) is 6. The first-order valence-electron chi connectivity index (χ1n) is 14.4. The highest BCUT2D eigenvalue weighted by Gasteiger charge is 2.49. The monoisotopic (exact) mass is 576 g/mol. The molecular formula is C33H41FN4O4. The zero-order valence-electron chi connectivity index (χ0n) is 24.8. The molecule has 1 heterocycles. The van der Waals surface area contributed by atoms with Crippen LogP contribution in [0.2, 0.25) is 0 Å². The number of benzene rings is 2. The van der Waals surface area contributed by atoms with Crippen LogP contribution in [-0.2, 0) is 15.1 Å². The summed E-state index contributed by atoms with van der Waals surface area (Å²) in [5.41, 5.74) is 8.78. The number of halogens is 1. The van der Waals surface area contributed by atoms with Crippen molar-refractivity contribution in [1.82, 2.24) is 9.88 Å². The van der Waals surface area contributed by atoms with Crippen molar-refractivity contribution >= 4 is 17.8 Å². The molecule has 224 valence electrons. The molecule has 0 bridgehead atoms. The van der Waals surface area contributed by atoms with Gasteiger partial charge < -0.3 is 25.8 Å². The first-order valence-corrected chi connectivity index (χ1v) is 14.4. The smallest absolute Gasteiger partial charge is 0.409 e. The molecule has 0 atom stereocenters. The summed E-state index contributed by atoms with van der Waals surface area (Å²) in [6.07, 6.45) is 8.50. The summed E-state index contributed by atoms with van der Waals surface area (Å²) in [6.45, 7) is 3.19. The number of rotatable bonds is 5. The molecule has 2 aliphatic rings. The summed E-state index contributed by atoms with van der Waals surface area (Å²) in [5.74, 6) is -0.240. The fourth-order valence-electron chi connectivity index (χ4n) is 6.09. The quantitative estimate of drug-likeness (QED) is 0.332. The van der Waals surface area contributed by atoms with Gasteiger partial charge in [-0.1, -0.05) is 61.7 Å². The Morgan fingerprint density at radius 3 is 2.26 bits per heavy atom. The molecule has 3 aromatic rings. The van der Waals surface area contributed by atoms with Gasteiger partial charge in [-0.05, 0) is 61.4 Å². The van der Waals surface area contributed by atoms with E-state index in [0.717, 1.165) is 29.5 Å². The molecule has 4 N–H and O–H groups in total. The summed E-state index contributed by atoms with van der Waals surface area (Å²) >= 11 is 0. The van der Waals surface area contributed by atoms with Crippen molar-refractivity contribution < 1.29 is 23.8 Å². The van der Waals surface area contributed by atoms with Crippen LogP contribution in [0.15, 0.2) is 60.8 Å². The Bertz CT molecular complexity index is 1400. The summed E-state index contributed by atoms with van der Waals surface area (Å²) in [4.78, 5) is 28.6. The average molecular weight is 577 g/mol.